The van der Waals surface area contributed by atoms with Gasteiger partial charge < -0.3 is 15.2 Å². The van der Waals surface area contributed by atoms with Gasteiger partial charge in [0.25, 0.3) is 0 Å². The van der Waals surface area contributed by atoms with Gasteiger partial charge in [0.15, 0.2) is 5.82 Å². The van der Waals surface area contributed by atoms with Crippen molar-refractivity contribution >= 4 is 17.6 Å². The first-order valence-corrected chi connectivity index (χ1v) is 9.58. The quantitative estimate of drug-likeness (QED) is 0.724. The number of aryl methyl sites for hydroxylation is 2. The Bertz CT molecular complexity index is 862. The molecule has 1 fully saturated rings. The lowest BCUT2D eigenvalue weighted by Gasteiger charge is -2.33. The van der Waals surface area contributed by atoms with Crippen molar-refractivity contribution in [3.63, 3.8) is 0 Å². The molecule has 1 aromatic carbocycles. The number of anilines is 1. The summed E-state index contributed by atoms with van der Waals surface area (Å²) in [5, 5.41) is 9.27. The Morgan fingerprint density at radius 2 is 1.72 bits per heavy atom. The molecule has 0 unspecified atom stereocenters. The number of amides is 2. The molecule has 2 N–H and O–H groups in total. The van der Waals surface area contributed by atoms with Crippen molar-refractivity contribution in [3.8, 4) is 0 Å². The Labute approximate surface area is 169 Å². The van der Waals surface area contributed by atoms with E-state index in [0.717, 1.165) is 5.56 Å². The number of halogens is 1. The lowest BCUT2D eigenvalue weighted by molar-refractivity contribution is -0.123. The van der Waals surface area contributed by atoms with E-state index in [-0.39, 0.29) is 30.7 Å². The number of nitrogens with one attached hydrogen (secondary N) is 2. The fraction of sp³-hybridized carbons (Fsp3) is 0.450. The second kappa shape index (κ2) is 9.62. The lowest BCUT2D eigenvalue weighted by Crippen LogP contribution is -2.50. The molecule has 0 atom stereocenters. The molecule has 0 saturated carbocycles. The highest BCUT2D eigenvalue weighted by atomic mass is 19.1. The van der Waals surface area contributed by atoms with Crippen molar-refractivity contribution in [2.75, 3.05) is 44.6 Å². The fourth-order valence-corrected chi connectivity index (χ4v) is 3.12. The van der Waals surface area contributed by atoms with Crippen LogP contribution < -0.4 is 10.6 Å². The fourth-order valence-electron chi connectivity index (χ4n) is 3.12. The number of rotatable bonds is 7. The average molecular weight is 403 g/mol. The minimum absolute atomic E-state index is 0.0985. The molecule has 2 aromatic rings. The van der Waals surface area contributed by atoms with E-state index in [4.69, 9.17) is 4.52 Å². The van der Waals surface area contributed by atoms with Gasteiger partial charge in [0.1, 0.15) is 11.6 Å². The minimum Gasteiger partial charge on any atom is -0.360 e. The van der Waals surface area contributed by atoms with E-state index in [2.05, 4.69) is 15.8 Å². The van der Waals surface area contributed by atoms with Crippen molar-refractivity contribution in [1.29, 1.82) is 0 Å². The highest BCUT2D eigenvalue weighted by Crippen LogP contribution is 2.09. The van der Waals surface area contributed by atoms with Crippen LogP contribution in [-0.2, 0) is 16.1 Å². The molecule has 29 heavy (non-hydrogen) atoms. The van der Waals surface area contributed by atoms with E-state index in [1.165, 1.54) is 6.07 Å². The van der Waals surface area contributed by atoms with Gasteiger partial charge in [0.05, 0.1) is 13.1 Å². The van der Waals surface area contributed by atoms with E-state index in [0.29, 0.717) is 49.9 Å². The monoisotopic (exact) mass is 403 g/mol. The Morgan fingerprint density at radius 1 is 1.07 bits per heavy atom. The van der Waals surface area contributed by atoms with Crippen molar-refractivity contribution in [3.05, 3.63) is 47.0 Å². The highest BCUT2D eigenvalue weighted by Gasteiger charge is 2.21. The van der Waals surface area contributed by atoms with Crippen LogP contribution in [0.3, 0.4) is 0 Å². The molecule has 2 amide bonds. The molecule has 1 saturated heterocycles. The Kier molecular flexibility index (Phi) is 6.95. The largest absolute Gasteiger partial charge is 0.360 e. The predicted molar refractivity (Wildman–Crippen MR) is 106 cm³/mol. The van der Waals surface area contributed by atoms with Crippen LogP contribution in [0.15, 0.2) is 28.8 Å². The normalized spacial score (nSPS) is 15.3. The first kappa shape index (κ1) is 20.9. The molecule has 2 heterocycles. The number of benzene rings is 1. The Hall–Kier alpha value is -2.78. The summed E-state index contributed by atoms with van der Waals surface area (Å²) in [7, 11) is 0. The maximum absolute atomic E-state index is 13.6. The topological polar surface area (TPSA) is 90.7 Å². The van der Waals surface area contributed by atoms with Crippen LogP contribution in [0.4, 0.5) is 10.2 Å². The van der Waals surface area contributed by atoms with Crippen LogP contribution in [-0.4, -0.2) is 66.0 Å². The number of nitrogens with zero attached hydrogens (tertiary/aromatic N) is 3. The van der Waals surface area contributed by atoms with E-state index in [9.17, 15) is 14.0 Å². The number of hydrogen-bond donors (Lipinski definition) is 2. The van der Waals surface area contributed by atoms with Crippen molar-refractivity contribution in [2.24, 2.45) is 0 Å². The lowest BCUT2D eigenvalue weighted by atomic mass is 10.1. The summed E-state index contributed by atoms with van der Waals surface area (Å²) in [5.41, 5.74) is 1.32. The average Bonchev–Trinajstić information content (AvgIpc) is 3.09. The first-order chi connectivity index (χ1) is 13.9. The zero-order valence-corrected chi connectivity index (χ0v) is 16.7. The first-order valence-electron chi connectivity index (χ1n) is 9.58. The summed E-state index contributed by atoms with van der Waals surface area (Å²) in [4.78, 5) is 28.3. The van der Waals surface area contributed by atoms with Crippen LogP contribution in [0, 0.1) is 19.7 Å². The molecule has 1 aliphatic heterocycles. The molecular formula is C20H26FN5O3. The predicted octanol–water partition coefficient (Wildman–Crippen LogP) is 1.30. The number of aromatic nitrogens is 1. The summed E-state index contributed by atoms with van der Waals surface area (Å²) in [5.74, 6) is 0.542. The van der Waals surface area contributed by atoms with Gasteiger partial charge >= 0.3 is 0 Å². The molecule has 0 aliphatic carbocycles. The molecule has 1 aliphatic rings. The molecule has 1 aromatic heterocycles. The molecule has 8 nitrogen and oxygen atoms in total. The number of carbonyl (C=O) groups is 2. The standard InChI is InChI=1S/C20H26FN5O3/c1-14-3-4-16(10-17(14)21)11-22-19(27)12-25-5-7-26(8-6-25)13-20(28)23-18-9-15(2)29-24-18/h3-4,9-10H,5-8,11-13H2,1-2H3,(H,22,27)(H,23,24,28). The van der Waals surface area contributed by atoms with Gasteiger partial charge in [-0.1, -0.05) is 17.3 Å². The van der Waals surface area contributed by atoms with Crippen LogP contribution in [0.1, 0.15) is 16.9 Å². The summed E-state index contributed by atoms with van der Waals surface area (Å²) in [6, 6.07) is 6.62. The molecule has 0 spiro atoms. The van der Waals surface area contributed by atoms with Crippen LogP contribution in [0.2, 0.25) is 0 Å². The second-order valence-electron chi connectivity index (χ2n) is 7.28. The third kappa shape index (κ3) is 6.37. The minimum atomic E-state index is -0.268. The zero-order valence-electron chi connectivity index (χ0n) is 16.7. The maximum Gasteiger partial charge on any atom is 0.239 e. The van der Waals surface area contributed by atoms with Crippen LogP contribution in [0.5, 0.6) is 0 Å². The van der Waals surface area contributed by atoms with Crippen molar-refractivity contribution < 1.29 is 18.5 Å². The van der Waals surface area contributed by atoms with Gasteiger partial charge in [-0.15, -0.1) is 0 Å². The number of hydrogen-bond acceptors (Lipinski definition) is 6. The summed E-state index contributed by atoms with van der Waals surface area (Å²) in [6.07, 6.45) is 0. The van der Waals surface area contributed by atoms with Crippen molar-refractivity contribution in [1.82, 2.24) is 20.3 Å². The SMILES string of the molecule is Cc1cc(NC(=O)CN2CCN(CC(=O)NCc3ccc(C)c(F)c3)CC2)no1. The molecule has 0 bridgehead atoms. The molecule has 156 valence electrons. The molecule has 9 heteroatoms. The van der Waals surface area contributed by atoms with Crippen LogP contribution >= 0.6 is 0 Å². The third-order valence-corrected chi connectivity index (χ3v) is 4.82. The van der Waals surface area contributed by atoms with E-state index < -0.39 is 0 Å². The number of carbonyl (C=O) groups excluding carboxylic acids is 2. The highest BCUT2D eigenvalue weighted by molar-refractivity contribution is 5.91. The van der Waals surface area contributed by atoms with Crippen molar-refractivity contribution in [2.45, 2.75) is 20.4 Å². The molecular weight excluding hydrogens is 377 g/mol. The summed E-state index contributed by atoms with van der Waals surface area (Å²) < 4.78 is 18.5. The van der Waals surface area contributed by atoms with Crippen LogP contribution in [0.25, 0.3) is 0 Å². The van der Waals surface area contributed by atoms with Gasteiger partial charge in [-0.05, 0) is 31.0 Å². The summed E-state index contributed by atoms with van der Waals surface area (Å²) in [6.45, 7) is 7.11. The van der Waals surface area contributed by atoms with E-state index >= 15 is 0 Å². The molecule has 3 rings (SSSR count). The van der Waals surface area contributed by atoms with E-state index in [1.54, 1.807) is 26.0 Å². The van der Waals surface area contributed by atoms with Gasteiger partial charge in [0, 0.05) is 38.8 Å². The third-order valence-electron chi connectivity index (χ3n) is 4.82. The second-order valence-corrected chi connectivity index (χ2v) is 7.28. The van der Waals surface area contributed by atoms with Gasteiger partial charge in [0.2, 0.25) is 11.8 Å². The maximum atomic E-state index is 13.6. The van der Waals surface area contributed by atoms with E-state index in [1.807, 2.05) is 15.9 Å². The number of piperazine rings is 1. The van der Waals surface area contributed by atoms with Gasteiger partial charge in [-0.3, -0.25) is 19.4 Å². The smallest absolute Gasteiger partial charge is 0.239 e. The summed E-state index contributed by atoms with van der Waals surface area (Å²) >= 11 is 0. The van der Waals surface area contributed by atoms with Gasteiger partial charge in [-0.25, -0.2) is 4.39 Å². The van der Waals surface area contributed by atoms with Gasteiger partial charge in [-0.2, -0.15) is 0 Å². The molecule has 0 radical (unpaired) electrons. The Balaban J connectivity index is 1.35. The Morgan fingerprint density at radius 3 is 2.31 bits per heavy atom. The zero-order chi connectivity index (χ0) is 20.8.